The van der Waals surface area contributed by atoms with E-state index in [1.54, 1.807) is 23.1 Å². The van der Waals surface area contributed by atoms with E-state index in [-0.39, 0.29) is 34.5 Å². The molecule has 1 aliphatic carbocycles. The summed E-state index contributed by atoms with van der Waals surface area (Å²) in [6, 6.07) is 3.88. The van der Waals surface area contributed by atoms with Crippen molar-refractivity contribution in [3.8, 4) is 6.07 Å². The van der Waals surface area contributed by atoms with Crippen molar-refractivity contribution < 1.29 is 4.74 Å². The minimum absolute atomic E-state index is 0.0234. The second-order valence-electron chi connectivity index (χ2n) is 8.14. The Morgan fingerprint density at radius 2 is 1.93 bits per heavy atom. The molecule has 1 N–H and O–H groups in total. The molecule has 1 saturated carbocycles. The number of nitriles is 1. The molecule has 9 heteroatoms. The highest BCUT2D eigenvalue weighted by atomic mass is 16.5. The van der Waals surface area contributed by atoms with Crippen LogP contribution in [0.4, 0.5) is 0 Å². The summed E-state index contributed by atoms with van der Waals surface area (Å²) in [6.07, 6.45) is 7.19. The van der Waals surface area contributed by atoms with Crippen molar-refractivity contribution in [1.82, 2.24) is 29.7 Å². The first-order valence-electron chi connectivity index (χ1n) is 10.4. The van der Waals surface area contributed by atoms with Gasteiger partial charge in [0.25, 0.3) is 5.56 Å². The number of aromatic nitrogens is 6. The Kier molecular flexibility index (Phi) is 4.79. The zero-order chi connectivity index (χ0) is 20.7. The summed E-state index contributed by atoms with van der Waals surface area (Å²) in [6.45, 7) is 3.52. The Bertz CT molecular complexity index is 1160. The smallest absolute Gasteiger partial charge is 0.263 e. The molecule has 4 heterocycles. The Hall–Kier alpha value is -3.12. The molecular weight excluding hydrogens is 382 g/mol. The van der Waals surface area contributed by atoms with Crippen molar-refractivity contribution in [3.63, 3.8) is 0 Å². The molecule has 30 heavy (non-hydrogen) atoms. The van der Waals surface area contributed by atoms with Gasteiger partial charge in [0.2, 0.25) is 0 Å². The first-order chi connectivity index (χ1) is 14.7. The monoisotopic (exact) mass is 405 g/mol. The van der Waals surface area contributed by atoms with Gasteiger partial charge in [0.1, 0.15) is 23.1 Å². The lowest BCUT2D eigenvalue weighted by molar-refractivity contribution is 0.0501. The summed E-state index contributed by atoms with van der Waals surface area (Å²) in [5, 5.41) is 14.3. The van der Waals surface area contributed by atoms with E-state index in [9.17, 15) is 10.1 Å². The van der Waals surface area contributed by atoms with Gasteiger partial charge < -0.3 is 9.72 Å². The number of nitrogens with one attached hydrogen (secondary N) is 1. The van der Waals surface area contributed by atoms with Crippen LogP contribution in [0, 0.1) is 17.2 Å². The first-order valence-corrected chi connectivity index (χ1v) is 10.4. The zero-order valence-corrected chi connectivity index (χ0v) is 16.8. The molecule has 3 aromatic rings. The van der Waals surface area contributed by atoms with Crippen molar-refractivity contribution in [2.24, 2.45) is 5.92 Å². The van der Waals surface area contributed by atoms with Crippen LogP contribution in [0.15, 0.2) is 23.3 Å². The fraction of sp³-hybridized carbons (Fsp3) is 0.524. The van der Waals surface area contributed by atoms with Crippen molar-refractivity contribution in [2.75, 3.05) is 13.2 Å². The Morgan fingerprint density at radius 1 is 1.20 bits per heavy atom. The second-order valence-corrected chi connectivity index (χ2v) is 8.14. The molecule has 0 aromatic carbocycles. The van der Waals surface area contributed by atoms with Gasteiger partial charge in [-0.1, -0.05) is 0 Å². The fourth-order valence-corrected chi connectivity index (χ4v) is 4.64. The maximum absolute atomic E-state index is 12.9. The number of hydrogen-bond acceptors (Lipinski definition) is 7. The lowest BCUT2D eigenvalue weighted by atomic mass is 9.72. The Balaban J connectivity index is 1.57. The van der Waals surface area contributed by atoms with Crippen LogP contribution < -0.4 is 5.56 Å². The topological polar surface area (TPSA) is 122 Å². The molecule has 3 unspecified atom stereocenters. The van der Waals surface area contributed by atoms with Crippen molar-refractivity contribution in [1.29, 1.82) is 5.26 Å². The summed E-state index contributed by atoms with van der Waals surface area (Å²) in [4.78, 5) is 29.4. The van der Waals surface area contributed by atoms with Gasteiger partial charge in [-0.3, -0.25) is 4.79 Å². The van der Waals surface area contributed by atoms with Gasteiger partial charge >= 0.3 is 0 Å². The lowest BCUT2D eigenvalue weighted by Gasteiger charge is -2.34. The lowest BCUT2D eigenvalue weighted by Crippen LogP contribution is -2.28. The highest BCUT2D eigenvalue weighted by Gasteiger charge is 2.38. The van der Waals surface area contributed by atoms with Crippen LogP contribution in [0.3, 0.4) is 0 Å². The summed E-state index contributed by atoms with van der Waals surface area (Å²) >= 11 is 0. The molecule has 154 valence electrons. The normalized spacial score (nSPS) is 23.1. The predicted molar refractivity (Wildman–Crippen MR) is 108 cm³/mol. The van der Waals surface area contributed by atoms with Crippen LogP contribution in [-0.2, 0) is 4.74 Å². The molecule has 3 aromatic heterocycles. The molecule has 2 fully saturated rings. The molecule has 0 amide bonds. The van der Waals surface area contributed by atoms with Gasteiger partial charge in [-0.15, -0.1) is 0 Å². The van der Waals surface area contributed by atoms with E-state index < -0.39 is 0 Å². The average Bonchev–Trinajstić information content (AvgIpc) is 3.13. The van der Waals surface area contributed by atoms with E-state index in [2.05, 4.69) is 33.0 Å². The van der Waals surface area contributed by atoms with E-state index >= 15 is 0 Å². The SMILES string of the molecule is CC(C1CCOCC1)n1nc(C#N)c2c(=O)[nH]c(C3CCC3c3ncccn3)nc21. The second kappa shape index (κ2) is 7.61. The number of rotatable bonds is 4. The van der Waals surface area contributed by atoms with Gasteiger partial charge in [-0.25, -0.2) is 19.6 Å². The minimum atomic E-state index is -0.309. The van der Waals surface area contributed by atoms with E-state index in [0.717, 1.165) is 44.7 Å². The molecule has 0 bridgehead atoms. The minimum Gasteiger partial charge on any atom is -0.381 e. The standard InChI is InChI=1S/C21H23N7O2/c1-12(13-5-9-30-10-6-13)28-20-17(16(11-22)27-28)21(29)26-19(25-20)15-4-3-14(15)18-23-7-2-8-24-18/h2,7-8,12-15H,3-6,9-10H2,1H3,(H,25,26,29). The maximum atomic E-state index is 12.9. The third-order valence-corrected chi connectivity index (χ3v) is 6.56. The van der Waals surface area contributed by atoms with E-state index in [4.69, 9.17) is 9.72 Å². The van der Waals surface area contributed by atoms with Crippen LogP contribution in [0.25, 0.3) is 11.0 Å². The maximum Gasteiger partial charge on any atom is 0.263 e. The fourth-order valence-electron chi connectivity index (χ4n) is 4.64. The van der Waals surface area contributed by atoms with Crippen molar-refractivity contribution in [2.45, 2.75) is 50.5 Å². The number of nitrogens with zero attached hydrogens (tertiary/aromatic N) is 6. The molecule has 2 aliphatic rings. The van der Waals surface area contributed by atoms with Gasteiger partial charge in [0.15, 0.2) is 11.3 Å². The van der Waals surface area contributed by atoms with Crippen LogP contribution in [0.5, 0.6) is 0 Å². The molecule has 0 radical (unpaired) electrons. The van der Waals surface area contributed by atoms with Crippen LogP contribution in [0.2, 0.25) is 0 Å². The first kappa shape index (κ1) is 18.9. The summed E-state index contributed by atoms with van der Waals surface area (Å²) in [5.41, 5.74) is 0.307. The highest BCUT2D eigenvalue weighted by Crippen LogP contribution is 2.46. The predicted octanol–water partition coefficient (Wildman–Crippen LogP) is 2.43. The van der Waals surface area contributed by atoms with Gasteiger partial charge in [-0.05, 0) is 44.6 Å². The number of H-pyrrole nitrogens is 1. The highest BCUT2D eigenvalue weighted by molar-refractivity contribution is 5.80. The molecule has 5 rings (SSSR count). The number of ether oxygens (including phenoxy) is 1. The van der Waals surface area contributed by atoms with E-state index in [1.807, 2.05) is 0 Å². The Labute approximate surface area is 173 Å². The average molecular weight is 405 g/mol. The van der Waals surface area contributed by atoms with Gasteiger partial charge in [0.05, 0.1) is 6.04 Å². The third kappa shape index (κ3) is 3.08. The van der Waals surface area contributed by atoms with E-state index in [0.29, 0.717) is 17.4 Å². The van der Waals surface area contributed by atoms with Crippen molar-refractivity contribution >= 4 is 11.0 Å². The quantitative estimate of drug-likeness (QED) is 0.707. The van der Waals surface area contributed by atoms with Gasteiger partial charge in [-0.2, -0.15) is 10.4 Å². The number of aromatic amines is 1. The van der Waals surface area contributed by atoms with E-state index in [1.165, 1.54) is 0 Å². The molecule has 0 spiro atoms. The number of fused-ring (bicyclic) bond motifs is 1. The van der Waals surface area contributed by atoms with Crippen LogP contribution in [-0.4, -0.2) is 42.9 Å². The summed E-state index contributed by atoms with van der Waals surface area (Å²) in [5.74, 6) is 1.95. The third-order valence-electron chi connectivity index (χ3n) is 6.56. The van der Waals surface area contributed by atoms with Crippen molar-refractivity contribution in [3.05, 3.63) is 46.2 Å². The largest absolute Gasteiger partial charge is 0.381 e. The summed E-state index contributed by atoms with van der Waals surface area (Å²) in [7, 11) is 0. The molecule has 3 atom stereocenters. The van der Waals surface area contributed by atoms with Crippen LogP contribution in [0.1, 0.15) is 67.8 Å². The zero-order valence-electron chi connectivity index (χ0n) is 16.8. The molecule has 9 nitrogen and oxygen atoms in total. The van der Waals surface area contributed by atoms with Crippen LogP contribution >= 0.6 is 0 Å². The molecule has 1 aliphatic heterocycles. The molecule has 1 saturated heterocycles. The van der Waals surface area contributed by atoms with Gasteiger partial charge in [0, 0.05) is 37.4 Å². The summed E-state index contributed by atoms with van der Waals surface area (Å²) < 4.78 is 7.25. The Morgan fingerprint density at radius 3 is 2.60 bits per heavy atom. The number of hydrogen-bond donors (Lipinski definition) is 1. The molecular formula is C21H23N7O2.